The summed E-state index contributed by atoms with van der Waals surface area (Å²) in [5.41, 5.74) is 4.65. The lowest BCUT2D eigenvalue weighted by molar-refractivity contribution is 0.717. The Morgan fingerprint density at radius 2 is 1.83 bits per heavy atom. The summed E-state index contributed by atoms with van der Waals surface area (Å²) >= 11 is 0. The lowest BCUT2D eigenvalue weighted by Crippen LogP contribution is -2.23. The fourth-order valence-electron chi connectivity index (χ4n) is 3.46. The Morgan fingerprint density at radius 3 is 2.69 bits per heavy atom. The van der Waals surface area contributed by atoms with Gasteiger partial charge < -0.3 is 4.90 Å². The molecule has 0 aliphatic carbocycles. The molecule has 0 amide bonds. The molecule has 29 heavy (non-hydrogen) atoms. The molecule has 2 aromatic carbocycles. The number of anilines is 1. The first-order valence-electron chi connectivity index (χ1n) is 9.40. The van der Waals surface area contributed by atoms with E-state index in [1.807, 2.05) is 43.6 Å². The van der Waals surface area contributed by atoms with Crippen LogP contribution in [-0.4, -0.2) is 37.2 Å². The van der Waals surface area contributed by atoms with Crippen molar-refractivity contribution in [3.05, 3.63) is 72.8 Å². The van der Waals surface area contributed by atoms with Gasteiger partial charge in [0, 0.05) is 24.2 Å². The maximum Gasteiger partial charge on any atom is 0.226 e. The minimum atomic E-state index is 0.170. The minimum Gasteiger partial charge on any atom is -0.337 e. The summed E-state index contributed by atoms with van der Waals surface area (Å²) in [5.74, 6) is 0.695. The van der Waals surface area contributed by atoms with Gasteiger partial charge in [-0.15, -0.1) is 0 Å². The van der Waals surface area contributed by atoms with Crippen molar-refractivity contribution in [2.45, 2.75) is 13.0 Å². The quantitative estimate of drug-likeness (QED) is 0.503. The van der Waals surface area contributed by atoms with Crippen LogP contribution < -0.4 is 4.90 Å². The third-order valence-corrected chi connectivity index (χ3v) is 5.27. The number of aromatic amines is 1. The molecule has 7 heteroatoms. The van der Waals surface area contributed by atoms with Gasteiger partial charge in [0.25, 0.3) is 0 Å². The first-order chi connectivity index (χ1) is 14.2. The Hall–Kier alpha value is -3.87. The van der Waals surface area contributed by atoms with Crippen molar-refractivity contribution >= 4 is 27.9 Å². The Morgan fingerprint density at radius 1 is 0.966 bits per heavy atom. The summed E-state index contributed by atoms with van der Waals surface area (Å²) in [6, 6.07) is 16.6. The fraction of sp³-hybridized carbons (Fsp3) is 0.136. The van der Waals surface area contributed by atoms with Crippen LogP contribution in [0.25, 0.3) is 33.2 Å². The van der Waals surface area contributed by atoms with Crippen molar-refractivity contribution in [1.29, 1.82) is 0 Å². The van der Waals surface area contributed by atoms with E-state index in [4.69, 9.17) is 4.98 Å². The van der Waals surface area contributed by atoms with Gasteiger partial charge in [-0.25, -0.2) is 19.9 Å². The predicted molar refractivity (Wildman–Crippen MR) is 113 cm³/mol. The van der Waals surface area contributed by atoms with E-state index in [9.17, 15) is 0 Å². The van der Waals surface area contributed by atoms with E-state index in [1.54, 1.807) is 12.5 Å². The van der Waals surface area contributed by atoms with Gasteiger partial charge in [-0.3, -0.25) is 5.10 Å². The predicted octanol–water partition coefficient (Wildman–Crippen LogP) is 4.16. The standard InChI is InChI=1S/C22H19N7/c1-14(15-6-4-3-5-7-15)29(2)22-23-11-17-10-16(8-9-19(17)27-22)20-18-12-26-28-21(18)25-13-24-20/h3-14H,1-2H3,(H,24,25,26,28)/t14-/m1/s1. The molecule has 5 rings (SSSR count). The SMILES string of the molecule is C[C@H](c1ccccc1)N(C)c1ncc2cc(-c3ncnc4[nH]ncc34)ccc2n1. The Labute approximate surface area is 167 Å². The highest BCUT2D eigenvalue weighted by molar-refractivity contribution is 5.93. The van der Waals surface area contributed by atoms with Gasteiger partial charge in [-0.05, 0) is 24.6 Å². The van der Waals surface area contributed by atoms with Gasteiger partial charge >= 0.3 is 0 Å². The van der Waals surface area contributed by atoms with Gasteiger partial charge in [0.15, 0.2) is 5.65 Å². The van der Waals surface area contributed by atoms with Gasteiger partial charge in [-0.1, -0.05) is 36.4 Å². The maximum absolute atomic E-state index is 4.77. The van der Waals surface area contributed by atoms with Gasteiger partial charge in [0.05, 0.1) is 28.8 Å². The molecule has 1 N–H and O–H groups in total. The smallest absolute Gasteiger partial charge is 0.226 e. The lowest BCUT2D eigenvalue weighted by atomic mass is 10.1. The molecule has 7 nitrogen and oxygen atoms in total. The monoisotopic (exact) mass is 381 g/mol. The Bertz CT molecular complexity index is 1300. The normalized spacial score (nSPS) is 12.3. The van der Waals surface area contributed by atoms with Crippen molar-refractivity contribution in [3.8, 4) is 11.3 Å². The summed E-state index contributed by atoms with van der Waals surface area (Å²) in [6.07, 6.45) is 5.15. The summed E-state index contributed by atoms with van der Waals surface area (Å²) in [4.78, 5) is 20.1. The van der Waals surface area contributed by atoms with E-state index in [1.165, 1.54) is 5.56 Å². The van der Waals surface area contributed by atoms with Crippen molar-refractivity contribution in [1.82, 2.24) is 30.1 Å². The highest BCUT2D eigenvalue weighted by Crippen LogP contribution is 2.28. The molecule has 3 aromatic heterocycles. The van der Waals surface area contributed by atoms with Crippen molar-refractivity contribution in [2.24, 2.45) is 0 Å². The maximum atomic E-state index is 4.77. The highest BCUT2D eigenvalue weighted by atomic mass is 15.2. The van der Waals surface area contributed by atoms with Crippen LogP contribution in [0.1, 0.15) is 18.5 Å². The average Bonchev–Trinajstić information content (AvgIpc) is 3.27. The summed E-state index contributed by atoms with van der Waals surface area (Å²) in [7, 11) is 2.02. The number of hydrogen-bond acceptors (Lipinski definition) is 6. The molecule has 1 atom stereocenters. The molecule has 0 saturated heterocycles. The molecule has 0 aliphatic rings. The van der Waals surface area contributed by atoms with Crippen LogP contribution in [0, 0.1) is 0 Å². The van der Waals surface area contributed by atoms with Gasteiger partial charge in [0.2, 0.25) is 5.95 Å². The first-order valence-corrected chi connectivity index (χ1v) is 9.40. The zero-order valence-corrected chi connectivity index (χ0v) is 16.1. The van der Waals surface area contributed by atoms with Crippen LogP contribution in [0.5, 0.6) is 0 Å². The molecule has 0 fully saturated rings. The molecular formula is C22H19N7. The Kier molecular flexibility index (Phi) is 4.13. The summed E-state index contributed by atoms with van der Waals surface area (Å²) < 4.78 is 0. The second-order valence-corrected chi connectivity index (χ2v) is 7.00. The number of rotatable bonds is 4. The van der Waals surface area contributed by atoms with E-state index >= 15 is 0 Å². The fourth-order valence-corrected chi connectivity index (χ4v) is 3.46. The van der Waals surface area contributed by atoms with E-state index in [0.717, 1.165) is 33.2 Å². The number of aromatic nitrogens is 6. The van der Waals surface area contributed by atoms with Crippen LogP contribution in [-0.2, 0) is 0 Å². The van der Waals surface area contributed by atoms with Crippen LogP contribution in [0.3, 0.4) is 0 Å². The number of nitrogens with zero attached hydrogens (tertiary/aromatic N) is 6. The van der Waals surface area contributed by atoms with Crippen LogP contribution in [0.4, 0.5) is 5.95 Å². The number of benzene rings is 2. The van der Waals surface area contributed by atoms with E-state index in [2.05, 4.69) is 55.2 Å². The molecule has 0 aliphatic heterocycles. The summed E-state index contributed by atoms with van der Waals surface area (Å²) in [6.45, 7) is 2.15. The molecule has 0 radical (unpaired) electrons. The molecule has 0 bridgehead atoms. The van der Waals surface area contributed by atoms with Gasteiger partial charge in [0.1, 0.15) is 6.33 Å². The number of nitrogens with one attached hydrogen (secondary N) is 1. The topological polar surface area (TPSA) is 83.5 Å². The largest absolute Gasteiger partial charge is 0.337 e. The minimum absolute atomic E-state index is 0.170. The van der Waals surface area contributed by atoms with E-state index in [-0.39, 0.29) is 6.04 Å². The molecular weight excluding hydrogens is 362 g/mol. The second kappa shape index (κ2) is 6.94. The molecule has 0 unspecified atom stereocenters. The lowest BCUT2D eigenvalue weighted by Gasteiger charge is -2.25. The summed E-state index contributed by atoms with van der Waals surface area (Å²) in [5, 5.41) is 8.79. The second-order valence-electron chi connectivity index (χ2n) is 7.00. The number of H-pyrrole nitrogens is 1. The van der Waals surface area contributed by atoms with Crippen molar-refractivity contribution in [3.63, 3.8) is 0 Å². The number of hydrogen-bond donors (Lipinski definition) is 1. The highest BCUT2D eigenvalue weighted by Gasteiger charge is 2.15. The zero-order valence-electron chi connectivity index (χ0n) is 16.1. The van der Waals surface area contributed by atoms with Crippen LogP contribution >= 0.6 is 0 Å². The molecule has 0 spiro atoms. The third kappa shape index (κ3) is 3.06. The van der Waals surface area contributed by atoms with E-state index < -0.39 is 0 Å². The molecule has 3 heterocycles. The molecule has 5 aromatic rings. The van der Waals surface area contributed by atoms with Crippen molar-refractivity contribution < 1.29 is 0 Å². The number of fused-ring (bicyclic) bond motifs is 2. The molecule has 142 valence electrons. The van der Waals surface area contributed by atoms with Crippen LogP contribution in [0.15, 0.2) is 67.3 Å². The van der Waals surface area contributed by atoms with Crippen LogP contribution in [0.2, 0.25) is 0 Å². The first kappa shape index (κ1) is 17.2. The molecule has 0 saturated carbocycles. The van der Waals surface area contributed by atoms with Gasteiger partial charge in [-0.2, -0.15) is 5.10 Å². The van der Waals surface area contributed by atoms with Crippen molar-refractivity contribution in [2.75, 3.05) is 11.9 Å². The average molecular weight is 381 g/mol. The zero-order chi connectivity index (χ0) is 19.8. The third-order valence-electron chi connectivity index (χ3n) is 5.27. The van der Waals surface area contributed by atoms with E-state index in [0.29, 0.717) is 5.95 Å². The Balaban J connectivity index is 1.51.